The first-order valence-corrected chi connectivity index (χ1v) is 21.3. The number of hydrogen-bond donors (Lipinski definition) is 0. The van der Waals surface area contributed by atoms with E-state index in [-0.39, 0.29) is 11.1 Å². The second kappa shape index (κ2) is 13.3. The van der Waals surface area contributed by atoms with Crippen molar-refractivity contribution in [2.45, 2.75) is 27.6 Å². The van der Waals surface area contributed by atoms with Gasteiger partial charge in [0.2, 0.25) is 5.69 Å². The summed E-state index contributed by atoms with van der Waals surface area (Å²) < 4.78 is 59.1. The summed E-state index contributed by atoms with van der Waals surface area (Å²) >= 11 is 0. The van der Waals surface area contributed by atoms with Gasteiger partial charge in [0.25, 0.3) is 0 Å². The largest absolute Gasteiger partial charge is 0.315 e. The number of fused-ring (bicyclic) bond motifs is 12. The van der Waals surface area contributed by atoms with Crippen molar-refractivity contribution in [3.8, 4) is 23.0 Å². The first kappa shape index (κ1) is 30.6. The summed E-state index contributed by atoms with van der Waals surface area (Å²) in [6.07, 6.45) is 0. The maximum Gasteiger partial charge on any atom is 0.241 e. The molecule has 0 bridgehead atoms. The lowest BCUT2D eigenvalue weighted by Gasteiger charge is -2.24. The second-order valence-electron chi connectivity index (χ2n) is 16.8. The molecule has 6 heteroatoms. The fourth-order valence-corrected chi connectivity index (χ4v) is 10.4. The fourth-order valence-electron chi connectivity index (χ4n) is 10.4. The highest BCUT2D eigenvalue weighted by atomic mass is 15.2. The lowest BCUT2D eigenvalue weighted by molar-refractivity contribution is 0.964. The maximum absolute atomic E-state index is 9.65. The standard InChI is InChI=1S/C58H40N6/c1-34-22-26-50-42(30-34)38-14-6-10-18-46(38)61(50)55-54(59-5)56(62-47-19-11-7-15-39(47)43-31-35(2)23-27-51(43)62)58(64-49-21-13-9-17-41(49)45-33-37(4)25-29-53(45)64)60-57(55)63-48-20-12-8-16-40(48)44-32-36(3)24-28-52(44)63/h6-33H,1-4H3/i3D3,4D3. The van der Waals surface area contributed by atoms with Crippen LogP contribution < -0.4 is 0 Å². The molecule has 8 aromatic carbocycles. The molecule has 0 aliphatic carbocycles. The van der Waals surface area contributed by atoms with E-state index in [0.29, 0.717) is 39.7 Å². The number of aryl methyl sites for hydroxylation is 4. The molecule has 0 atom stereocenters. The van der Waals surface area contributed by atoms with Crippen molar-refractivity contribution < 1.29 is 8.22 Å². The van der Waals surface area contributed by atoms with Crippen LogP contribution >= 0.6 is 0 Å². The van der Waals surface area contributed by atoms with Crippen molar-refractivity contribution in [2.75, 3.05) is 0 Å². The molecule has 13 rings (SSSR count). The number of hydrogen-bond acceptors (Lipinski definition) is 1. The SMILES string of the molecule is [2H]C([2H])([2H])c1ccc2c(c1)c1ccccc1n2-c1nc(-n2c3ccccc3c3cc(C([2H])([2H])[2H])ccc32)c(-n2c3ccccc3c3cc(C)ccc32)c([N+]#[C-])c1-n1c2ccccc2c2cc(C)ccc21. The molecule has 0 aliphatic rings. The second-order valence-corrected chi connectivity index (χ2v) is 16.8. The third-order valence-corrected chi connectivity index (χ3v) is 13.1. The summed E-state index contributed by atoms with van der Waals surface area (Å²) in [5, 5.41) is 7.19. The van der Waals surface area contributed by atoms with Gasteiger partial charge in [-0.1, -0.05) is 119 Å². The number of nitrogens with zero attached hydrogens (tertiary/aromatic N) is 6. The Morgan fingerprint density at radius 1 is 0.375 bits per heavy atom. The predicted molar refractivity (Wildman–Crippen MR) is 267 cm³/mol. The summed E-state index contributed by atoms with van der Waals surface area (Å²) in [5.74, 6) is 0.893. The quantitative estimate of drug-likeness (QED) is 0.163. The van der Waals surface area contributed by atoms with Gasteiger partial charge in [-0.25, -0.2) is 9.83 Å². The van der Waals surface area contributed by atoms with Crippen LogP contribution in [-0.4, -0.2) is 23.3 Å². The van der Waals surface area contributed by atoms with Crippen molar-refractivity contribution >= 4 is 92.9 Å². The van der Waals surface area contributed by atoms with E-state index < -0.39 is 13.7 Å². The zero-order chi connectivity index (χ0) is 48.0. The zero-order valence-corrected chi connectivity index (χ0v) is 34.8. The highest BCUT2D eigenvalue weighted by Gasteiger charge is 2.32. The van der Waals surface area contributed by atoms with Gasteiger partial charge in [-0.2, -0.15) is 0 Å². The Kier molecular flexibility index (Phi) is 6.36. The molecule has 0 spiro atoms. The van der Waals surface area contributed by atoms with Crippen LogP contribution in [-0.2, 0) is 0 Å². The molecule has 5 aromatic heterocycles. The Bertz CT molecular complexity index is 4170. The van der Waals surface area contributed by atoms with E-state index in [9.17, 15) is 6.57 Å². The van der Waals surface area contributed by atoms with E-state index in [2.05, 4.69) is 92.8 Å². The summed E-state index contributed by atoms with van der Waals surface area (Å²) in [5.41, 5.74) is 10.5. The van der Waals surface area contributed by atoms with Gasteiger partial charge in [-0.05, 0) is 100 Å². The first-order valence-electron chi connectivity index (χ1n) is 24.3. The molecular formula is C58H40N6. The lowest BCUT2D eigenvalue weighted by Crippen LogP contribution is -2.14. The topological polar surface area (TPSA) is 37.0 Å². The molecular weight excluding hydrogens is 781 g/mol. The van der Waals surface area contributed by atoms with E-state index >= 15 is 0 Å². The fraction of sp³-hybridized carbons (Fsp3) is 0.0690. The summed E-state index contributed by atoms with van der Waals surface area (Å²) in [4.78, 5) is 10.7. The number of pyridine rings is 1. The average molecular weight is 827 g/mol. The molecule has 0 aliphatic heterocycles. The molecule has 0 N–H and O–H groups in total. The molecule has 13 aromatic rings. The first-order chi connectivity index (χ1) is 33.8. The molecule has 0 fully saturated rings. The third kappa shape index (κ3) is 4.92. The van der Waals surface area contributed by atoms with Crippen molar-refractivity contribution in [1.82, 2.24) is 23.3 Å². The van der Waals surface area contributed by atoms with Crippen LogP contribution in [0.1, 0.15) is 30.5 Å². The molecule has 0 amide bonds. The van der Waals surface area contributed by atoms with E-state index in [0.717, 1.165) is 87.3 Å². The molecule has 6 nitrogen and oxygen atoms in total. The minimum atomic E-state index is -2.36. The Morgan fingerprint density at radius 2 is 0.672 bits per heavy atom. The highest BCUT2D eigenvalue weighted by molar-refractivity contribution is 6.15. The number of rotatable bonds is 4. The molecule has 302 valence electrons. The summed E-state index contributed by atoms with van der Waals surface area (Å²) in [6, 6.07) is 55.7. The van der Waals surface area contributed by atoms with Crippen LogP contribution in [0.2, 0.25) is 0 Å². The van der Waals surface area contributed by atoms with Crippen LogP contribution in [0.5, 0.6) is 0 Å². The van der Waals surface area contributed by atoms with E-state index in [4.69, 9.17) is 18.1 Å². The van der Waals surface area contributed by atoms with Gasteiger partial charge in [0.05, 0.1) is 62.1 Å². The lowest BCUT2D eigenvalue weighted by atomic mass is 10.1. The summed E-state index contributed by atoms with van der Waals surface area (Å²) in [7, 11) is 0. The average Bonchev–Trinajstić information content (AvgIpc) is 4.07. The van der Waals surface area contributed by atoms with E-state index in [1.54, 1.807) is 24.3 Å². The van der Waals surface area contributed by atoms with E-state index in [1.165, 1.54) is 0 Å². The normalized spacial score (nSPS) is 13.8. The van der Waals surface area contributed by atoms with Crippen LogP contribution in [0.25, 0.3) is 115 Å². The molecule has 64 heavy (non-hydrogen) atoms. The zero-order valence-electron chi connectivity index (χ0n) is 40.8. The van der Waals surface area contributed by atoms with Crippen molar-refractivity contribution in [2.24, 2.45) is 0 Å². The molecule has 0 saturated heterocycles. The minimum absolute atomic E-state index is 0.218. The maximum atomic E-state index is 9.65. The summed E-state index contributed by atoms with van der Waals surface area (Å²) in [6.45, 7) is 9.10. The van der Waals surface area contributed by atoms with Gasteiger partial charge in [-0.3, -0.25) is 9.13 Å². The Balaban J connectivity index is 1.32. The molecule has 0 radical (unpaired) electrons. The number of benzene rings is 8. The van der Waals surface area contributed by atoms with Gasteiger partial charge in [0.15, 0.2) is 11.6 Å². The number of para-hydroxylation sites is 4. The van der Waals surface area contributed by atoms with Gasteiger partial charge < -0.3 is 9.13 Å². The predicted octanol–water partition coefficient (Wildman–Crippen LogP) is 15.3. The van der Waals surface area contributed by atoms with Gasteiger partial charge in [0, 0.05) is 51.3 Å². The van der Waals surface area contributed by atoms with Crippen LogP contribution in [0.15, 0.2) is 170 Å². The molecule has 5 heterocycles. The Hall–Kier alpha value is -8.40. The van der Waals surface area contributed by atoms with Crippen LogP contribution in [0.3, 0.4) is 0 Å². The molecule has 0 unspecified atom stereocenters. The van der Waals surface area contributed by atoms with E-state index in [1.807, 2.05) is 84.9 Å². The highest BCUT2D eigenvalue weighted by Crippen LogP contribution is 2.48. The Morgan fingerprint density at radius 3 is 1.03 bits per heavy atom. The number of aromatic nitrogens is 5. The van der Waals surface area contributed by atoms with Crippen molar-refractivity contribution in [3.63, 3.8) is 0 Å². The van der Waals surface area contributed by atoms with Crippen LogP contribution in [0, 0.1) is 34.1 Å². The van der Waals surface area contributed by atoms with Gasteiger partial charge in [0.1, 0.15) is 0 Å². The van der Waals surface area contributed by atoms with Crippen LogP contribution in [0.4, 0.5) is 5.69 Å². The van der Waals surface area contributed by atoms with Gasteiger partial charge in [-0.15, -0.1) is 0 Å². The minimum Gasteiger partial charge on any atom is -0.315 e. The van der Waals surface area contributed by atoms with Crippen molar-refractivity contribution in [3.05, 3.63) is 204 Å². The third-order valence-electron chi connectivity index (χ3n) is 13.1. The smallest absolute Gasteiger partial charge is 0.241 e. The van der Waals surface area contributed by atoms with Gasteiger partial charge >= 0.3 is 0 Å². The Labute approximate surface area is 377 Å². The molecule has 0 saturated carbocycles. The van der Waals surface area contributed by atoms with Crippen molar-refractivity contribution in [1.29, 1.82) is 0 Å². The monoisotopic (exact) mass is 826 g/mol.